The number of carbonyl (C=O) groups is 2. The Kier molecular flexibility index (Phi) is 3.82. The highest BCUT2D eigenvalue weighted by Crippen LogP contribution is 2.48. The van der Waals surface area contributed by atoms with Gasteiger partial charge in [0, 0.05) is 19.0 Å². The van der Waals surface area contributed by atoms with Crippen LogP contribution in [0.25, 0.3) is 0 Å². The maximum Gasteiger partial charge on any atom is 0.323 e. The highest BCUT2D eigenvalue weighted by Gasteiger charge is 2.54. The summed E-state index contributed by atoms with van der Waals surface area (Å²) in [6, 6.07) is 9.52. The van der Waals surface area contributed by atoms with Crippen molar-refractivity contribution in [2.75, 3.05) is 19.3 Å². The summed E-state index contributed by atoms with van der Waals surface area (Å²) in [4.78, 5) is 30.0. The van der Waals surface area contributed by atoms with E-state index in [1.807, 2.05) is 30.3 Å². The first-order valence-corrected chi connectivity index (χ1v) is 7.19. The molecule has 2 aliphatic rings. The summed E-state index contributed by atoms with van der Waals surface area (Å²) < 4.78 is 9.66. The van der Waals surface area contributed by atoms with Gasteiger partial charge in [-0.1, -0.05) is 18.2 Å². The monoisotopic (exact) mass is 315 g/mol. The molecule has 0 spiro atoms. The molecule has 1 aliphatic heterocycles. The second-order valence-corrected chi connectivity index (χ2v) is 5.48. The van der Waals surface area contributed by atoms with Crippen molar-refractivity contribution in [3.8, 4) is 0 Å². The van der Waals surface area contributed by atoms with E-state index >= 15 is 0 Å². The highest BCUT2D eigenvalue weighted by molar-refractivity contribution is 6.02. The Labute approximate surface area is 133 Å². The van der Waals surface area contributed by atoms with Gasteiger partial charge in [0.05, 0.1) is 19.9 Å². The summed E-state index contributed by atoms with van der Waals surface area (Å²) in [5.41, 5.74) is 1.17. The molecule has 1 heterocycles. The van der Waals surface area contributed by atoms with Crippen LogP contribution in [0.3, 0.4) is 0 Å². The van der Waals surface area contributed by atoms with Crippen molar-refractivity contribution >= 4 is 17.6 Å². The van der Waals surface area contributed by atoms with Crippen LogP contribution >= 0.6 is 0 Å². The van der Waals surface area contributed by atoms with Crippen molar-refractivity contribution in [2.24, 2.45) is 5.41 Å². The third kappa shape index (κ3) is 2.46. The SMILES string of the molecule is COC(=O)C1(C(=O)OC)CC2=CON(c3ccccc3)C=C2C1. The number of para-hydroxylation sites is 1. The van der Waals surface area contributed by atoms with Crippen molar-refractivity contribution in [3.05, 3.63) is 53.9 Å². The standard InChI is InChI=1S/C17H17NO5/c1-21-15(19)17(16(20)22-2)8-12-10-18(23-11-13(12)9-17)14-6-4-3-5-7-14/h3-7,10-11H,8-9H2,1-2H3. The maximum absolute atomic E-state index is 12.2. The van der Waals surface area contributed by atoms with Crippen LogP contribution in [0.2, 0.25) is 0 Å². The van der Waals surface area contributed by atoms with Crippen molar-refractivity contribution < 1.29 is 23.9 Å². The van der Waals surface area contributed by atoms with Gasteiger partial charge < -0.3 is 14.3 Å². The van der Waals surface area contributed by atoms with E-state index in [1.54, 1.807) is 17.5 Å². The molecule has 0 aromatic heterocycles. The summed E-state index contributed by atoms with van der Waals surface area (Å²) in [5.74, 6) is -1.18. The van der Waals surface area contributed by atoms with E-state index in [-0.39, 0.29) is 12.8 Å². The van der Waals surface area contributed by atoms with Gasteiger partial charge in [0.1, 0.15) is 6.26 Å². The molecule has 0 saturated heterocycles. The predicted octanol–water partition coefficient (Wildman–Crippen LogP) is 2.33. The molecular weight excluding hydrogens is 298 g/mol. The predicted molar refractivity (Wildman–Crippen MR) is 81.9 cm³/mol. The largest absolute Gasteiger partial charge is 0.468 e. The smallest absolute Gasteiger partial charge is 0.323 e. The van der Waals surface area contributed by atoms with Gasteiger partial charge >= 0.3 is 11.9 Å². The Morgan fingerprint density at radius 1 is 1.04 bits per heavy atom. The third-order valence-corrected chi connectivity index (χ3v) is 4.14. The molecule has 120 valence electrons. The number of ether oxygens (including phenoxy) is 2. The van der Waals surface area contributed by atoms with Crippen LogP contribution in [-0.4, -0.2) is 26.2 Å². The molecule has 0 N–H and O–H groups in total. The van der Waals surface area contributed by atoms with Crippen LogP contribution in [0.4, 0.5) is 5.69 Å². The quantitative estimate of drug-likeness (QED) is 0.630. The number of anilines is 1. The molecule has 0 radical (unpaired) electrons. The molecule has 1 aromatic rings. The van der Waals surface area contributed by atoms with Crippen LogP contribution < -0.4 is 5.06 Å². The van der Waals surface area contributed by atoms with Crippen LogP contribution in [0.15, 0.2) is 53.9 Å². The normalized spacial score (nSPS) is 18.3. The number of benzene rings is 1. The highest BCUT2D eigenvalue weighted by atomic mass is 16.7. The minimum atomic E-state index is -1.34. The van der Waals surface area contributed by atoms with Gasteiger partial charge in [0.2, 0.25) is 0 Å². The van der Waals surface area contributed by atoms with Gasteiger partial charge in [-0.25, -0.2) is 0 Å². The third-order valence-electron chi connectivity index (χ3n) is 4.14. The van der Waals surface area contributed by atoms with E-state index in [9.17, 15) is 9.59 Å². The molecule has 0 bridgehead atoms. The molecule has 23 heavy (non-hydrogen) atoms. The lowest BCUT2D eigenvalue weighted by Gasteiger charge is -2.23. The molecule has 0 amide bonds. The summed E-state index contributed by atoms with van der Waals surface area (Å²) in [5, 5.41) is 1.60. The number of allylic oxidation sites excluding steroid dienone is 2. The molecule has 3 rings (SSSR count). The summed E-state index contributed by atoms with van der Waals surface area (Å²) in [7, 11) is 2.54. The Balaban J connectivity index is 1.93. The van der Waals surface area contributed by atoms with Crippen LogP contribution in [-0.2, 0) is 23.9 Å². The number of nitrogens with zero attached hydrogens (tertiary/aromatic N) is 1. The van der Waals surface area contributed by atoms with E-state index in [0.717, 1.165) is 16.8 Å². The molecule has 1 aliphatic carbocycles. The molecular formula is C17H17NO5. The minimum Gasteiger partial charge on any atom is -0.468 e. The number of hydrogen-bond donors (Lipinski definition) is 0. The van der Waals surface area contributed by atoms with Crippen molar-refractivity contribution in [1.82, 2.24) is 0 Å². The molecule has 0 atom stereocenters. The number of esters is 2. The van der Waals surface area contributed by atoms with Crippen molar-refractivity contribution in [2.45, 2.75) is 12.8 Å². The fraction of sp³-hybridized carbons (Fsp3) is 0.294. The number of methoxy groups -OCH3 is 2. The lowest BCUT2D eigenvalue weighted by molar-refractivity contribution is -0.168. The molecule has 1 fully saturated rings. The van der Waals surface area contributed by atoms with Gasteiger partial charge in [-0.05, 0) is 23.3 Å². The number of hydrogen-bond acceptors (Lipinski definition) is 6. The first-order valence-electron chi connectivity index (χ1n) is 7.19. The Morgan fingerprint density at radius 2 is 1.65 bits per heavy atom. The number of rotatable bonds is 3. The Hall–Kier alpha value is -2.76. The van der Waals surface area contributed by atoms with Crippen molar-refractivity contribution in [3.63, 3.8) is 0 Å². The molecule has 1 saturated carbocycles. The molecule has 1 aromatic carbocycles. The van der Waals surface area contributed by atoms with Crippen molar-refractivity contribution in [1.29, 1.82) is 0 Å². The maximum atomic E-state index is 12.2. The fourth-order valence-corrected chi connectivity index (χ4v) is 2.95. The lowest BCUT2D eigenvalue weighted by Crippen LogP contribution is -2.38. The average Bonchev–Trinajstić information content (AvgIpc) is 3.00. The zero-order valence-corrected chi connectivity index (χ0v) is 12.9. The van der Waals surface area contributed by atoms with Crippen LogP contribution in [0, 0.1) is 5.41 Å². The van der Waals surface area contributed by atoms with Gasteiger partial charge in [-0.3, -0.25) is 9.59 Å². The minimum absolute atomic E-state index is 0.209. The van der Waals surface area contributed by atoms with E-state index in [0.29, 0.717) is 0 Å². The van der Waals surface area contributed by atoms with E-state index in [2.05, 4.69) is 0 Å². The van der Waals surface area contributed by atoms with Gasteiger partial charge in [-0.2, -0.15) is 5.06 Å². The van der Waals surface area contributed by atoms with Crippen LogP contribution in [0.5, 0.6) is 0 Å². The Bertz CT molecular complexity index is 676. The van der Waals surface area contributed by atoms with E-state index in [1.165, 1.54) is 14.2 Å². The van der Waals surface area contributed by atoms with E-state index in [4.69, 9.17) is 14.3 Å². The van der Waals surface area contributed by atoms with Gasteiger partial charge in [0.25, 0.3) is 0 Å². The topological polar surface area (TPSA) is 65.1 Å². The second-order valence-electron chi connectivity index (χ2n) is 5.48. The first kappa shape index (κ1) is 15.1. The number of hydroxylamine groups is 1. The van der Waals surface area contributed by atoms with Crippen LogP contribution in [0.1, 0.15) is 12.8 Å². The molecule has 0 unspecified atom stereocenters. The summed E-state index contributed by atoms with van der Waals surface area (Å²) in [6.07, 6.45) is 3.79. The fourth-order valence-electron chi connectivity index (χ4n) is 2.95. The first-order chi connectivity index (χ1) is 11.1. The average molecular weight is 315 g/mol. The van der Waals surface area contributed by atoms with Gasteiger partial charge in [0.15, 0.2) is 5.41 Å². The zero-order chi connectivity index (χ0) is 16.4. The molecule has 6 nitrogen and oxygen atoms in total. The number of carbonyl (C=O) groups excluding carboxylic acids is 2. The zero-order valence-electron chi connectivity index (χ0n) is 12.9. The summed E-state index contributed by atoms with van der Waals surface area (Å²) in [6.45, 7) is 0. The van der Waals surface area contributed by atoms with Gasteiger partial charge in [-0.15, -0.1) is 0 Å². The summed E-state index contributed by atoms with van der Waals surface area (Å²) >= 11 is 0. The number of fused-ring (bicyclic) bond motifs is 1. The van der Waals surface area contributed by atoms with E-state index < -0.39 is 17.4 Å². The molecule has 6 heteroatoms. The Morgan fingerprint density at radius 3 is 2.26 bits per heavy atom. The second kappa shape index (κ2) is 5.79. The lowest BCUT2D eigenvalue weighted by atomic mass is 9.86.